The highest BCUT2D eigenvalue weighted by Gasteiger charge is 2.29. The van der Waals surface area contributed by atoms with Crippen LogP contribution in [0.25, 0.3) is 0 Å². The molecule has 0 saturated carbocycles. The third-order valence-electron chi connectivity index (χ3n) is 4.38. The van der Waals surface area contributed by atoms with Crippen LogP contribution in [-0.4, -0.2) is 61.9 Å². The molecule has 2 aliphatic heterocycles. The Kier molecular flexibility index (Phi) is 6.93. The Hall–Kier alpha value is -0.650. The Balaban J connectivity index is 1.80. The summed E-state index contributed by atoms with van der Waals surface area (Å²) in [6.45, 7) is 8.08. The van der Waals surface area contributed by atoms with Crippen molar-refractivity contribution in [3.63, 3.8) is 0 Å². The molecule has 5 nitrogen and oxygen atoms in total. The van der Waals surface area contributed by atoms with Crippen LogP contribution in [0.1, 0.15) is 46.0 Å². The number of carbonyl (C=O) groups is 1. The van der Waals surface area contributed by atoms with Crippen LogP contribution in [0.15, 0.2) is 0 Å². The molecule has 3 unspecified atom stereocenters. The van der Waals surface area contributed by atoms with Crippen LogP contribution in [-0.2, 0) is 14.3 Å². The van der Waals surface area contributed by atoms with E-state index in [0.29, 0.717) is 12.6 Å². The number of hydrogen-bond acceptors (Lipinski definition) is 4. The first-order valence-electron chi connectivity index (χ1n) is 8.46. The van der Waals surface area contributed by atoms with Crippen molar-refractivity contribution >= 4 is 5.91 Å². The van der Waals surface area contributed by atoms with Crippen molar-refractivity contribution in [3.8, 4) is 0 Å². The summed E-state index contributed by atoms with van der Waals surface area (Å²) in [5.74, 6) is 0.126. The number of amides is 1. The van der Waals surface area contributed by atoms with Crippen molar-refractivity contribution in [1.82, 2.24) is 10.2 Å². The van der Waals surface area contributed by atoms with Gasteiger partial charge in [0.2, 0.25) is 0 Å². The molecule has 0 aromatic heterocycles. The summed E-state index contributed by atoms with van der Waals surface area (Å²) < 4.78 is 11.4. The summed E-state index contributed by atoms with van der Waals surface area (Å²) in [7, 11) is 0. The molecule has 122 valence electrons. The van der Waals surface area contributed by atoms with Gasteiger partial charge in [-0.15, -0.1) is 0 Å². The van der Waals surface area contributed by atoms with Crippen LogP contribution in [0.3, 0.4) is 0 Å². The number of nitrogens with one attached hydrogen (secondary N) is 1. The maximum absolute atomic E-state index is 12.6. The van der Waals surface area contributed by atoms with Crippen LogP contribution in [0.4, 0.5) is 0 Å². The molecule has 5 heteroatoms. The fourth-order valence-corrected chi connectivity index (χ4v) is 3.11. The molecular weight excluding hydrogens is 268 g/mol. The predicted octanol–water partition coefficient (Wildman–Crippen LogP) is 1.56. The Morgan fingerprint density at radius 3 is 2.90 bits per heavy atom. The van der Waals surface area contributed by atoms with Gasteiger partial charge in [-0.2, -0.15) is 0 Å². The lowest BCUT2D eigenvalue weighted by Gasteiger charge is -2.31. The van der Waals surface area contributed by atoms with E-state index in [2.05, 4.69) is 12.2 Å². The van der Waals surface area contributed by atoms with Gasteiger partial charge in [0.1, 0.15) is 6.10 Å². The molecule has 0 aromatic rings. The minimum absolute atomic E-state index is 0.126. The highest BCUT2D eigenvalue weighted by molar-refractivity contribution is 5.81. The summed E-state index contributed by atoms with van der Waals surface area (Å²) in [5.41, 5.74) is 0. The van der Waals surface area contributed by atoms with Gasteiger partial charge in [0, 0.05) is 25.7 Å². The van der Waals surface area contributed by atoms with Gasteiger partial charge in [-0.25, -0.2) is 0 Å². The zero-order valence-electron chi connectivity index (χ0n) is 13.5. The van der Waals surface area contributed by atoms with E-state index in [4.69, 9.17) is 9.47 Å². The van der Waals surface area contributed by atoms with Crippen molar-refractivity contribution in [2.24, 2.45) is 0 Å². The second-order valence-electron chi connectivity index (χ2n) is 6.14. The molecule has 0 aliphatic carbocycles. The third-order valence-corrected chi connectivity index (χ3v) is 4.38. The van der Waals surface area contributed by atoms with Gasteiger partial charge in [-0.3, -0.25) is 4.79 Å². The fourth-order valence-electron chi connectivity index (χ4n) is 3.11. The second-order valence-corrected chi connectivity index (χ2v) is 6.14. The standard InChI is InChI=1S/C16H30N2O3/c1-3-9-18(14-7-8-17-11-14)16(19)13(2)21-12-15-6-4-5-10-20-15/h13-15,17H,3-12H2,1-2H3. The monoisotopic (exact) mass is 298 g/mol. The maximum Gasteiger partial charge on any atom is 0.251 e. The maximum atomic E-state index is 12.6. The molecular formula is C16H30N2O3. The van der Waals surface area contributed by atoms with Crippen LogP contribution in [0.5, 0.6) is 0 Å². The fraction of sp³-hybridized carbons (Fsp3) is 0.938. The van der Waals surface area contributed by atoms with E-state index in [1.807, 2.05) is 11.8 Å². The van der Waals surface area contributed by atoms with E-state index < -0.39 is 0 Å². The molecule has 3 atom stereocenters. The molecule has 0 spiro atoms. The first-order valence-corrected chi connectivity index (χ1v) is 8.46. The molecule has 1 amide bonds. The predicted molar refractivity (Wildman–Crippen MR) is 82.3 cm³/mol. The average molecular weight is 298 g/mol. The first-order chi connectivity index (χ1) is 10.2. The van der Waals surface area contributed by atoms with E-state index in [9.17, 15) is 4.79 Å². The van der Waals surface area contributed by atoms with Crippen molar-refractivity contribution in [2.75, 3.05) is 32.8 Å². The number of rotatable bonds is 7. The third kappa shape index (κ3) is 4.94. The SMILES string of the molecule is CCCN(C(=O)C(C)OCC1CCCCO1)C1CCNC1. The molecule has 0 radical (unpaired) electrons. The van der Waals surface area contributed by atoms with Crippen molar-refractivity contribution in [2.45, 2.75) is 64.2 Å². The largest absolute Gasteiger partial charge is 0.376 e. The molecule has 2 saturated heterocycles. The Bertz CT molecular complexity index is 313. The van der Waals surface area contributed by atoms with Gasteiger partial charge in [0.25, 0.3) is 5.91 Å². The number of nitrogens with zero attached hydrogens (tertiary/aromatic N) is 1. The van der Waals surface area contributed by atoms with Crippen LogP contribution in [0.2, 0.25) is 0 Å². The van der Waals surface area contributed by atoms with Gasteiger partial charge >= 0.3 is 0 Å². The highest BCUT2D eigenvalue weighted by Crippen LogP contribution is 2.15. The van der Waals surface area contributed by atoms with Crippen LogP contribution in [0, 0.1) is 0 Å². The Morgan fingerprint density at radius 2 is 2.29 bits per heavy atom. The Labute approximate surface area is 128 Å². The van der Waals surface area contributed by atoms with E-state index in [0.717, 1.165) is 51.9 Å². The normalized spacial score (nSPS) is 27.5. The lowest BCUT2D eigenvalue weighted by Crippen LogP contribution is -2.47. The van der Waals surface area contributed by atoms with E-state index in [1.54, 1.807) is 0 Å². The second kappa shape index (κ2) is 8.71. The quantitative estimate of drug-likeness (QED) is 0.775. The Morgan fingerprint density at radius 1 is 1.43 bits per heavy atom. The van der Waals surface area contributed by atoms with Gasteiger partial charge in [-0.05, 0) is 45.6 Å². The molecule has 2 heterocycles. The average Bonchev–Trinajstić information content (AvgIpc) is 3.04. The zero-order valence-corrected chi connectivity index (χ0v) is 13.5. The van der Waals surface area contributed by atoms with E-state index in [-0.39, 0.29) is 18.1 Å². The molecule has 2 rings (SSSR count). The zero-order chi connectivity index (χ0) is 15.1. The summed E-state index contributed by atoms with van der Waals surface area (Å²) >= 11 is 0. The molecule has 1 N–H and O–H groups in total. The summed E-state index contributed by atoms with van der Waals surface area (Å²) in [6.07, 6.45) is 5.22. The molecule has 0 aromatic carbocycles. The molecule has 0 bridgehead atoms. The van der Waals surface area contributed by atoms with Crippen LogP contribution < -0.4 is 5.32 Å². The molecule has 21 heavy (non-hydrogen) atoms. The summed E-state index contributed by atoms with van der Waals surface area (Å²) in [5, 5.41) is 3.33. The molecule has 2 aliphatic rings. The van der Waals surface area contributed by atoms with Gasteiger partial charge in [0.15, 0.2) is 0 Å². The van der Waals surface area contributed by atoms with E-state index >= 15 is 0 Å². The van der Waals surface area contributed by atoms with Gasteiger partial charge < -0.3 is 19.7 Å². The number of ether oxygens (including phenoxy) is 2. The van der Waals surface area contributed by atoms with Crippen LogP contribution >= 0.6 is 0 Å². The van der Waals surface area contributed by atoms with Gasteiger partial charge in [0.05, 0.1) is 12.7 Å². The van der Waals surface area contributed by atoms with Crippen molar-refractivity contribution in [1.29, 1.82) is 0 Å². The minimum Gasteiger partial charge on any atom is -0.376 e. The number of hydrogen-bond donors (Lipinski definition) is 1. The number of carbonyl (C=O) groups excluding carboxylic acids is 1. The summed E-state index contributed by atoms with van der Waals surface area (Å²) in [6, 6.07) is 0.328. The first kappa shape index (κ1) is 16.7. The highest BCUT2D eigenvalue weighted by atomic mass is 16.5. The molecule has 2 fully saturated rings. The van der Waals surface area contributed by atoms with Crippen molar-refractivity contribution < 1.29 is 14.3 Å². The lowest BCUT2D eigenvalue weighted by atomic mass is 10.1. The smallest absolute Gasteiger partial charge is 0.251 e. The summed E-state index contributed by atoms with van der Waals surface area (Å²) in [4.78, 5) is 14.6. The van der Waals surface area contributed by atoms with Crippen molar-refractivity contribution in [3.05, 3.63) is 0 Å². The minimum atomic E-state index is -0.373. The topological polar surface area (TPSA) is 50.8 Å². The van der Waals surface area contributed by atoms with E-state index in [1.165, 1.54) is 6.42 Å². The lowest BCUT2D eigenvalue weighted by molar-refractivity contribution is -0.148. The van der Waals surface area contributed by atoms with Gasteiger partial charge in [-0.1, -0.05) is 6.92 Å².